The number of nitrogens with zero attached hydrogens (tertiary/aromatic N) is 1. The SMILES string of the molecule is O=C(OC1CC[N+]2(CCSCC2)C1)C(O)(c1ccccc1)c1ccccc1. The summed E-state index contributed by atoms with van der Waals surface area (Å²) < 4.78 is 6.96. The van der Waals surface area contributed by atoms with Crippen LogP contribution in [0.4, 0.5) is 0 Å². The number of quaternary nitrogens is 1. The largest absolute Gasteiger partial charge is 0.453 e. The van der Waals surface area contributed by atoms with Crippen LogP contribution < -0.4 is 0 Å². The Morgan fingerprint density at radius 1 is 0.963 bits per heavy atom. The number of thioether (sulfide) groups is 1. The van der Waals surface area contributed by atoms with Crippen molar-refractivity contribution in [1.82, 2.24) is 0 Å². The number of rotatable bonds is 4. The number of hydrogen-bond donors (Lipinski definition) is 1. The van der Waals surface area contributed by atoms with Crippen molar-refractivity contribution in [2.75, 3.05) is 37.7 Å². The normalized spacial score (nSPS) is 21.9. The van der Waals surface area contributed by atoms with Crippen molar-refractivity contribution in [1.29, 1.82) is 0 Å². The van der Waals surface area contributed by atoms with Gasteiger partial charge in [0.1, 0.15) is 6.54 Å². The number of aliphatic hydroxyl groups is 1. The van der Waals surface area contributed by atoms with Crippen LogP contribution in [0.3, 0.4) is 0 Å². The molecule has 2 aliphatic rings. The summed E-state index contributed by atoms with van der Waals surface area (Å²) in [5.74, 6) is 1.79. The standard InChI is InChI=1S/C22H26NO3S/c24-21(26-20-11-12-23(17-20)13-15-27-16-14-23)22(25,18-7-3-1-4-8-18)19-9-5-2-6-10-19/h1-10,20,25H,11-17H2/q+1. The summed E-state index contributed by atoms with van der Waals surface area (Å²) in [6.45, 7) is 4.24. The molecule has 2 aromatic carbocycles. The summed E-state index contributed by atoms with van der Waals surface area (Å²) in [6, 6.07) is 18.2. The molecule has 0 bridgehead atoms. The lowest BCUT2D eigenvalue weighted by atomic mass is 9.86. The lowest BCUT2D eigenvalue weighted by molar-refractivity contribution is -0.914. The first-order valence-corrected chi connectivity index (χ1v) is 10.8. The van der Waals surface area contributed by atoms with Gasteiger partial charge in [-0.2, -0.15) is 11.8 Å². The number of ether oxygens (including phenoxy) is 1. The predicted octanol–water partition coefficient (Wildman–Crippen LogP) is 2.80. The van der Waals surface area contributed by atoms with E-state index in [0.29, 0.717) is 11.1 Å². The molecule has 1 spiro atoms. The molecule has 1 atom stereocenters. The van der Waals surface area contributed by atoms with Gasteiger partial charge in [0.25, 0.3) is 0 Å². The van der Waals surface area contributed by atoms with Gasteiger partial charge >= 0.3 is 5.97 Å². The molecule has 0 amide bonds. The molecule has 4 nitrogen and oxygen atoms in total. The van der Waals surface area contributed by atoms with Crippen LogP contribution >= 0.6 is 11.8 Å². The third-order valence-electron chi connectivity index (χ3n) is 5.89. The van der Waals surface area contributed by atoms with Crippen LogP contribution in [0.25, 0.3) is 0 Å². The molecule has 0 radical (unpaired) electrons. The topological polar surface area (TPSA) is 46.5 Å². The highest BCUT2D eigenvalue weighted by atomic mass is 32.2. The Morgan fingerprint density at radius 2 is 1.52 bits per heavy atom. The van der Waals surface area contributed by atoms with Crippen molar-refractivity contribution in [2.45, 2.75) is 18.1 Å². The summed E-state index contributed by atoms with van der Waals surface area (Å²) in [5.41, 5.74) is -0.705. The average Bonchev–Trinajstić information content (AvgIpc) is 3.10. The molecule has 2 fully saturated rings. The Balaban J connectivity index is 1.57. The number of hydrogen-bond acceptors (Lipinski definition) is 4. The zero-order chi connectivity index (χ0) is 18.7. The van der Waals surface area contributed by atoms with Gasteiger partial charge in [-0.1, -0.05) is 60.7 Å². The van der Waals surface area contributed by atoms with Gasteiger partial charge in [0.2, 0.25) is 5.60 Å². The van der Waals surface area contributed by atoms with Crippen molar-refractivity contribution >= 4 is 17.7 Å². The maximum absolute atomic E-state index is 13.2. The highest BCUT2D eigenvalue weighted by molar-refractivity contribution is 7.99. The molecule has 0 aliphatic carbocycles. The Bertz CT molecular complexity index is 735. The molecule has 27 heavy (non-hydrogen) atoms. The van der Waals surface area contributed by atoms with E-state index in [1.54, 1.807) is 24.3 Å². The second kappa shape index (κ2) is 7.66. The van der Waals surface area contributed by atoms with Crippen LogP contribution in [0.15, 0.2) is 60.7 Å². The second-order valence-electron chi connectivity index (χ2n) is 7.57. The van der Waals surface area contributed by atoms with E-state index >= 15 is 0 Å². The van der Waals surface area contributed by atoms with Gasteiger partial charge in [-0.25, -0.2) is 4.79 Å². The van der Waals surface area contributed by atoms with Gasteiger partial charge in [0.15, 0.2) is 6.10 Å². The minimum absolute atomic E-state index is 0.125. The third-order valence-corrected chi connectivity index (χ3v) is 6.83. The van der Waals surface area contributed by atoms with Crippen LogP contribution in [0, 0.1) is 0 Å². The van der Waals surface area contributed by atoms with Crippen molar-refractivity contribution in [3.05, 3.63) is 71.8 Å². The van der Waals surface area contributed by atoms with E-state index < -0.39 is 11.6 Å². The van der Waals surface area contributed by atoms with E-state index in [1.807, 2.05) is 48.2 Å². The van der Waals surface area contributed by atoms with Crippen molar-refractivity contribution in [3.63, 3.8) is 0 Å². The van der Waals surface area contributed by atoms with Crippen molar-refractivity contribution in [2.24, 2.45) is 0 Å². The average molecular weight is 385 g/mol. The maximum Gasteiger partial charge on any atom is 0.348 e. The molecular formula is C22H26NO3S+. The Hall–Kier alpha value is -1.82. The zero-order valence-corrected chi connectivity index (χ0v) is 16.2. The Kier molecular flexibility index (Phi) is 5.26. The maximum atomic E-state index is 13.2. The van der Waals surface area contributed by atoms with Crippen molar-refractivity contribution < 1.29 is 19.1 Å². The molecule has 142 valence electrons. The fourth-order valence-electron chi connectivity index (χ4n) is 4.26. The molecule has 2 aliphatic heterocycles. The molecule has 2 saturated heterocycles. The van der Waals surface area contributed by atoms with Crippen LogP contribution in [-0.2, 0) is 15.1 Å². The molecule has 0 aromatic heterocycles. The van der Waals surface area contributed by atoms with Crippen LogP contribution in [0.5, 0.6) is 0 Å². The van der Waals surface area contributed by atoms with E-state index in [9.17, 15) is 9.90 Å². The minimum Gasteiger partial charge on any atom is -0.453 e. The van der Waals surface area contributed by atoms with Gasteiger partial charge in [-0.3, -0.25) is 0 Å². The lowest BCUT2D eigenvalue weighted by Crippen LogP contribution is -2.52. The number of esters is 1. The van der Waals surface area contributed by atoms with E-state index in [0.717, 1.165) is 37.1 Å². The van der Waals surface area contributed by atoms with E-state index in [1.165, 1.54) is 11.5 Å². The van der Waals surface area contributed by atoms with Crippen molar-refractivity contribution in [3.8, 4) is 0 Å². The first-order valence-electron chi connectivity index (χ1n) is 9.60. The minimum atomic E-state index is -1.78. The summed E-state index contributed by atoms with van der Waals surface area (Å²) >= 11 is 2.01. The monoisotopic (exact) mass is 384 g/mol. The lowest BCUT2D eigenvalue weighted by Gasteiger charge is -2.37. The summed E-state index contributed by atoms with van der Waals surface area (Å²) in [5, 5.41) is 11.5. The van der Waals surface area contributed by atoms with Gasteiger partial charge in [-0.15, -0.1) is 0 Å². The zero-order valence-electron chi connectivity index (χ0n) is 15.4. The highest BCUT2D eigenvalue weighted by Gasteiger charge is 2.46. The quantitative estimate of drug-likeness (QED) is 0.650. The molecule has 5 heteroatoms. The summed E-state index contributed by atoms with van der Waals surface area (Å²) in [6.07, 6.45) is 0.746. The molecule has 2 heterocycles. The van der Waals surface area contributed by atoms with Crippen LogP contribution in [0.1, 0.15) is 17.5 Å². The van der Waals surface area contributed by atoms with Gasteiger partial charge in [-0.05, 0) is 11.1 Å². The summed E-state index contributed by atoms with van der Waals surface area (Å²) in [7, 11) is 0. The van der Waals surface area contributed by atoms with Crippen LogP contribution in [0.2, 0.25) is 0 Å². The first-order chi connectivity index (χ1) is 13.1. The fraction of sp³-hybridized carbons (Fsp3) is 0.409. The van der Waals surface area contributed by atoms with E-state index in [2.05, 4.69) is 0 Å². The van der Waals surface area contributed by atoms with E-state index in [-0.39, 0.29) is 6.10 Å². The molecule has 1 unspecified atom stereocenters. The second-order valence-corrected chi connectivity index (χ2v) is 8.79. The molecular weight excluding hydrogens is 358 g/mol. The molecule has 2 aromatic rings. The molecule has 0 saturated carbocycles. The fourth-order valence-corrected chi connectivity index (χ4v) is 5.50. The first kappa shape index (κ1) is 18.5. The highest BCUT2D eigenvalue weighted by Crippen LogP contribution is 2.33. The van der Waals surface area contributed by atoms with Crippen LogP contribution in [-0.4, -0.2) is 59.3 Å². The molecule has 4 rings (SSSR count). The number of carbonyl (C=O) groups excluding carboxylic acids is 1. The Morgan fingerprint density at radius 3 is 2.07 bits per heavy atom. The van der Waals surface area contributed by atoms with E-state index in [4.69, 9.17) is 4.74 Å². The Labute approximate surface area is 164 Å². The van der Waals surface area contributed by atoms with Gasteiger partial charge < -0.3 is 14.3 Å². The van der Waals surface area contributed by atoms with Gasteiger partial charge in [0, 0.05) is 17.9 Å². The number of carbonyl (C=O) groups is 1. The number of benzene rings is 2. The summed E-state index contributed by atoms with van der Waals surface area (Å²) in [4.78, 5) is 13.2. The smallest absolute Gasteiger partial charge is 0.348 e. The third kappa shape index (κ3) is 3.64. The predicted molar refractivity (Wildman–Crippen MR) is 107 cm³/mol. The van der Waals surface area contributed by atoms with Gasteiger partial charge in [0.05, 0.1) is 19.6 Å². The molecule has 1 N–H and O–H groups in total.